The first-order chi connectivity index (χ1) is 10.5. The summed E-state index contributed by atoms with van der Waals surface area (Å²) in [5, 5.41) is 10.7. The van der Waals surface area contributed by atoms with Gasteiger partial charge in [0.15, 0.2) is 0 Å². The van der Waals surface area contributed by atoms with Crippen molar-refractivity contribution < 1.29 is 9.90 Å². The van der Waals surface area contributed by atoms with E-state index in [-0.39, 0.29) is 0 Å². The number of nitrogens with two attached hydrogens (primary N) is 1. The molecule has 0 saturated carbocycles. The smallest absolute Gasteiger partial charge is 0.337 e. The largest absolute Gasteiger partial charge is 0.478 e. The Hall–Kier alpha value is -1.81. The van der Waals surface area contributed by atoms with E-state index in [2.05, 4.69) is 37.6 Å². The predicted molar refractivity (Wildman–Crippen MR) is 90.7 cm³/mol. The molecule has 0 saturated heterocycles. The third kappa shape index (κ3) is 3.17. The highest BCUT2D eigenvalue weighted by Gasteiger charge is 2.18. The second kappa shape index (κ2) is 6.97. The zero-order valence-electron chi connectivity index (χ0n) is 13.7. The van der Waals surface area contributed by atoms with Crippen LogP contribution in [-0.2, 0) is 13.0 Å². The van der Waals surface area contributed by atoms with Gasteiger partial charge in [-0.2, -0.15) is 0 Å². The lowest BCUT2D eigenvalue weighted by Crippen LogP contribution is -2.08. The highest BCUT2D eigenvalue weighted by molar-refractivity contribution is 6.04. The van der Waals surface area contributed by atoms with E-state index in [1.807, 2.05) is 6.07 Å². The standard InChI is InChI=1S/C18H26N2O2/c1-4-6-13-11-20(8-5-7-19)17-15(13)9-14(12(2)3)10-16(17)18(21)22/h9-12H,4-8,19H2,1-3H3,(H,21,22). The topological polar surface area (TPSA) is 68.2 Å². The molecule has 0 bridgehead atoms. The van der Waals surface area contributed by atoms with Crippen LogP contribution in [0.1, 0.15) is 61.0 Å². The molecule has 4 heteroatoms. The summed E-state index contributed by atoms with van der Waals surface area (Å²) in [6.07, 6.45) is 4.97. The molecule has 22 heavy (non-hydrogen) atoms. The van der Waals surface area contributed by atoms with Crippen molar-refractivity contribution in [2.45, 2.75) is 52.5 Å². The number of carboxylic acids is 1. The van der Waals surface area contributed by atoms with E-state index in [1.165, 1.54) is 5.56 Å². The molecule has 0 atom stereocenters. The minimum atomic E-state index is -0.859. The Bertz CT molecular complexity index is 671. The Morgan fingerprint density at radius 1 is 1.36 bits per heavy atom. The van der Waals surface area contributed by atoms with Crippen LogP contribution in [0, 0.1) is 0 Å². The van der Waals surface area contributed by atoms with Crippen LogP contribution in [0.4, 0.5) is 0 Å². The predicted octanol–water partition coefficient (Wildman–Crippen LogP) is 3.76. The van der Waals surface area contributed by atoms with Crippen LogP contribution in [0.3, 0.4) is 0 Å². The molecule has 2 aromatic rings. The van der Waals surface area contributed by atoms with Crippen molar-refractivity contribution >= 4 is 16.9 Å². The van der Waals surface area contributed by atoms with Crippen molar-refractivity contribution in [1.29, 1.82) is 0 Å². The summed E-state index contributed by atoms with van der Waals surface area (Å²) in [5.74, 6) is -0.549. The number of rotatable bonds is 7. The number of aromatic carboxylic acids is 1. The number of aromatic nitrogens is 1. The third-order valence-electron chi connectivity index (χ3n) is 4.10. The van der Waals surface area contributed by atoms with Gasteiger partial charge in [-0.3, -0.25) is 0 Å². The third-order valence-corrected chi connectivity index (χ3v) is 4.10. The lowest BCUT2D eigenvalue weighted by molar-refractivity contribution is 0.0698. The van der Waals surface area contributed by atoms with Gasteiger partial charge < -0.3 is 15.4 Å². The molecule has 0 radical (unpaired) electrons. The maximum absolute atomic E-state index is 11.7. The Labute approximate surface area is 131 Å². The van der Waals surface area contributed by atoms with Crippen LogP contribution in [0.15, 0.2) is 18.3 Å². The lowest BCUT2D eigenvalue weighted by Gasteiger charge is -2.11. The van der Waals surface area contributed by atoms with Crippen molar-refractivity contribution in [3.63, 3.8) is 0 Å². The summed E-state index contributed by atoms with van der Waals surface area (Å²) < 4.78 is 2.07. The van der Waals surface area contributed by atoms with Crippen molar-refractivity contribution in [3.05, 3.63) is 35.0 Å². The summed E-state index contributed by atoms with van der Waals surface area (Å²) in [7, 11) is 0. The fourth-order valence-electron chi connectivity index (χ4n) is 2.94. The highest BCUT2D eigenvalue weighted by atomic mass is 16.4. The Balaban J connectivity index is 2.73. The molecule has 1 aromatic heterocycles. The Kier molecular flexibility index (Phi) is 5.24. The summed E-state index contributed by atoms with van der Waals surface area (Å²) in [6, 6.07) is 3.99. The molecule has 0 aliphatic heterocycles. The van der Waals surface area contributed by atoms with Gasteiger partial charge in [-0.25, -0.2) is 4.79 Å². The molecule has 0 spiro atoms. The summed E-state index contributed by atoms with van der Waals surface area (Å²) in [6.45, 7) is 7.70. The summed E-state index contributed by atoms with van der Waals surface area (Å²) >= 11 is 0. The van der Waals surface area contributed by atoms with Gasteiger partial charge >= 0.3 is 5.97 Å². The van der Waals surface area contributed by atoms with Gasteiger partial charge in [0.05, 0.1) is 11.1 Å². The van der Waals surface area contributed by atoms with E-state index < -0.39 is 5.97 Å². The van der Waals surface area contributed by atoms with Gasteiger partial charge in [0, 0.05) is 18.1 Å². The molecule has 0 unspecified atom stereocenters. The van der Waals surface area contributed by atoms with Gasteiger partial charge in [0.2, 0.25) is 0 Å². The zero-order valence-corrected chi connectivity index (χ0v) is 13.7. The molecule has 3 N–H and O–H groups in total. The Morgan fingerprint density at radius 2 is 2.09 bits per heavy atom. The summed E-state index contributed by atoms with van der Waals surface area (Å²) in [4.78, 5) is 11.7. The van der Waals surface area contributed by atoms with Crippen LogP contribution in [-0.4, -0.2) is 22.2 Å². The van der Waals surface area contributed by atoms with E-state index in [0.29, 0.717) is 18.0 Å². The Morgan fingerprint density at radius 3 is 2.64 bits per heavy atom. The molecular formula is C18H26N2O2. The van der Waals surface area contributed by atoms with E-state index in [1.54, 1.807) is 0 Å². The van der Waals surface area contributed by atoms with E-state index in [0.717, 1.165) is 42.3 Å². The van der Waals surface area contributed by atoms with Crippen molar-refractivity contribution in [2.24, 2.45) is 5.73 Å². The molecule has 120 valence electrons. The van der Waals surface area contributed by atoms with Gasteiger partial charge in [-0.1, -0.05) is 27.2 Å². The molecule has 4 nitrogen and oxygen atoms in total. The van der Waals surface area contributed by atoms with E-state index >= 15 is 0 Å². The normalized spacial score (nSPS) is 11.5. The molecule has 2 rings (SSSR count). The number of benzene rings is 1. The van der Waals surface area contributed by atoms with Crippen LogP contribution < -0.4 is 5.73 Å². The average Bonchev–Trinajstić information content (AvgIpc) is 2.82. The fraction of sp³-hybridized carbons (Fsp3) is 0.500. The minimum absolute atomic E-state index is 0.310. The second-order valence-corrected chi connectivity index (χ2v) is 6.16. The molecule has 0 aliphatic rings. The van der Waals surface area contributed by atoms with E-state index in [4.69, 9.17) is 5.73 Å². The number of nitrogens with zero attached hydrogens (tertiary/aromatic N) is 1. The number of hydrogen-bond acceptors (Lipinski definition) is 2. The molecular weight excluding hydrogens is 276 g/mol. The number of carbonyl (C=O) groups is 1. The number of fused-ring (bicyclic) bond motifs is 1. The monoisotopic (exact) mass is 302 g/mol. The first-order valence-corrected chi connectivity index (χ1v) is 8.08. The molecule has 0 amide bonds. The van der Waals surface area contributed by atoms with Crippen LogP contribution in [0.2, 0.25) is 0 Å². The highest BCUT2D eigenvalue weighted by Crippen LogP contribution is 2.30. The van der Waals surface area contributed by atoms with Crippen molar-refractivity contribution in [1.82, 2.24) is 4.57 Å². The summed E-state index contributed by atoms with van der Waals surface area (Å²) in [5.41, 5.74) is 9.18. The number of aryl methyl sites for hydroxylation is 2. The SMILES string of the molecule is CCCc1cn(CCCN)c2c(C(=O)O)cc(C(C)C)cc12. The first-order valence-electron chi connectivity index (χ1n) is 8.08. The molecule has 0 fully saturated rings. The van der Waals surface area contributed by atoms with Gasteiger partial charge in [-0.05, 0) is 48.6 Å². The number of hydrogen-bond donors (Lipinski definition) is 2. The van der Waals surface area contributed by atoms with Crippen LogP contribution in [0.5, 0.6) is 0 Å². The molecule has 0 aliphatic carbocycles. The van der Waals surface area contributed by atoms with Crippen LogP contribution >= 0.6 is 0 Å². The zero-order chi connectivity index (χ0) is 16.3. The van der Waals surface area contributed by atoms with Gasteiger partial charge in [0.1, 0.15) is 0 Å². The first kappa shape index (κ1) is 16.6. The fourth-order valence-corrected chi connectivity index (χ4v) is 2.94. The minimum Gasteiger partial charge on any atom is -0.478 e. The van der Waals surface area contributed by atoms with Crippen LogP contribution in [0.25, 0.3) is 10.9 Å². The molecule has 1 aromatic carbocycles. The van der Waals surface area contributed by atoms with Crippen molar-refractivity contribution in [3.8, 4) is 0 Å². The quantitative estimate of drug-likeness (QED) is 0.818. The van der Waals surface area contributed by atoms with Gasteiger partial charge in [0.25, 0.3) is 0 Å². The van der Waals surface area contributed by atoms with E-state index in [9.17, 15) is 9.90 Å². The lowest BCUT2D eigenvalue weighted by atomic mass is 9.96. The number of carboxylic acid groups (broad SMARTS) is 1. The molecule has 1 heterocycles. The maximum atomic E-state index is 11.7. The van der Waals surface area contributed by atoms with Crippen molar-refractivity contribution in [2.75, 3.05) is 6.54 Å². The maximum Gasteiger partial charge on any atom is 0.337 e. The second-order valence-electron chi connectivity index (χ2n) is 6.16. The van der Waals surface area contributed by atoms with Gasteiger partial charge in [-0.15, -0.1) is 0 Å². The average molecular weight is 302 g/mol.